The van der Waals surface area contributed by atoms with Crippen molar-refractivity contribution >= 4 is 17.8 Å². The van der Waals surface area contributed by atoms with E-state index in [1.165, 1.54) is 36.4 Å². The fourth-order valence-electron chi connectivity index (χ4n) is 3.06. The molecule has 2 aromatic rings. The second-order valence-corrected chi connectivity index (χ2v) is 6.43. The van der Waals surface area contributed by atoms with E-state index in [0.29, 0.717) is 24.3 Å². The van der Waals surface area contributed by atoms with Gasteiger partial charge in [0.05, 0.1) is 17.6 Å². The number of aryl methyl sites for hydroxylation is 1. The van der Waals surface area contributed by atoms with E-state index in [1.54, 1.807) is 6.20 Å². The molecule has 0 saturated carbocycles. The first kappa shape index (κ1) is 17.4. The minimum Gasteiger partial charge on any atom is -0.299 e. The molecule has 1 aliphatic rings. The van der Waals surface area contributed by atoms with Gasteiger partial charge in [-0.2, -0.15) is 0 Å². The number of anilines is 2. The van der Waals surface area contributed by atoms with Crippen molar-refractivity contribution in [2.24, 2.45) is 0 Å². The highest BCUT2D eigenvalue weighted by Gasteiger charge is 2.13. The van der Waals surface area contributed by atoms with Crippen LogP contribution in [0.1, 0.15) is 30.5 Å². The van der Waals surface area contributed by atoms with Gasteiger partial charge in [-0.3, -0.25) is 20.1 Å². The molecule has 1 aromatic heterocycles. The highest BCUT2D eigenvalue weighted by atomic mass is 19.1. The van der Waals surface area contributed by atoms with Crippen LogP contribution in [0.25, 0.3) is 0 Å². The number of hydrogen-bond donors (Lipinski definition) is 1. The summed E-state index contributed by atoms with van der Waals surface area (Å²) >= 11 is 0. The molecule has 1 N–H and O–H groups in total. The van der Waals surface area contributed by atoms with E-state index < -0.39 is 0 Å². The van der Waals surface area contributed by atoms with Crippen molar-refractivity contribution in [1.29, 1.82) is 0 Å². The maximum atomic E-state index is 14.1. The standard InChI is InChI=1S/C19H23FN4O/c1-15-5-6-18(12-21-15)22-24(14-25)19-10-16(9-17(20)11-19)13-23-7-3-2-4-8-23/h5-6,9-12,14,22H,2-4,7-8,13H2,1H3. The molecule has 6 heteroatoms. The average molecular weight is 342 g/mol. The minimum absolute atomic E-state index is 0.347. The zero-order valence-corrected chi connectivity index (χ0v) is 14.4. The van der Waals surface area contributed by atoms with Gasteiger partial charge in [0.25, 0.3) is 0 Å². The molecule has 5 nitrogen and oxygen atoms in total. The van der Waals surface area contributed by atoms with E-state index in [9.17, 15) is 9.18 Å². The quantitative estimate of drug-likeness (QED) is 0.645. The van der Waals surface area contributed by atoms with Crippen molar-refractivity contribution in [3.8, 4) is 0 Å². The highest BCUT2D eigenvalue weighted by Crippen LogP contribution is 2.21. The van der Waals surface area contributed by atoms with Gasteiger partial charge in [0.1, 0.15) is 5.82 Å². The molecule has 1 amide bonds. The lowest BCUT2D eigenvalue weighted by Crippen LogP contribution is -2.30. The molecule has 0 aliphatic carbocycles. The number of nitrogens with zero attached hydrogens (tertiary/aromatic N) is 3. The maximum absolute atomic E-state index is 14.1. The molecular formula is C19H23FN4O. The minimum atomic E-state index is -0.347. The predicted molar refractivity (Wildman–Crippen MR) is 96.7 cm³/mol. The predicted octanol–water partition coefficient (Wildman–Crippen LogP) is 3.50. The molecule has 0 atom stereocenters. The lowest BCUT2D eigenvalue weighted by atomic mass is 10.1. The Balaban J connectivity index is 1.76. The van der Waals surface area contributed by atoms with Crippen molar-refractivity contribution in [3.63, 3.8) is 0 Å². The van der Waals surface area contributed by atoms with Crippen molar-refractivity contribution in [2.75, 3.05) is 23.5 Å². The Morgan fingerprint density at radius 2 is 2.04 bits per heavy atom. The number of piperidine rings is 1. The van der Waals surface area contributed by atoms with E-state index in [4.69, 9.17) is 0 Å². The summed E-state index contributed by atoms with van der Waals surface area (Å²) in [5, 5.41) is 1.27. The van der Waals surface area contributed by atoms with Gasteiger partial charge < -0.3 is 0 Å². The van der Waals surface area contributed by atoms with E-state index in [-0.39, 0.29) is 5.82 Å². The largest absolute Gasteiger partial charge is 0.299 e. The Labute approximate surface area is 147 Å². The number of carbonyl (C=O) groups excluding carboxylic acids is 1. The third kappa shape index (κ3) is 4.76. The number of rotatable bonds is 6. The highest BCUT2D eigenvalue weighted by molar-refractivity contribution is 5.78. The number of pyridine rings is 1. The first-order valence-corrected chi connectivity index (χ1v) is 8.60. The van der Waals surface area contributed by atoms with Gasteiger partial charge in [-0.15, -0.1) is 0 Å². The van der Waals surface area contributed by atoms with E-state index >= 15 is 0 Å². The smallest absolute Gasteiger partial charge is 0.232 e. The summed E-state index contributed by atoms with van der Waals surface area (Å²) < 4.78 is 14.1. The third-order valence-electron chi connectivity index (χ3n) is 4.34. The zero-order valence-electron chi connectivity index (χ0n) is 14.4. The van der Waals surface area contributed by atoms with Crippen LogP contribution in [0.4, 0.5) is 15.8 Å². The summed E-state index contributed by atoms with van der Waals surface area (Å²) in [6.07, 6.45) is 5.91. The van der Waals surface area contributed by atoms with Crippen LogP contribution in [-0.4, -0.2) is 29.4 Å². The number of likely N-dealkylation sites (tertiary alicyclic amines) is 1. The molecular weight excluding hydrogens is 319 g/mol. The van der Waals surface area contributed by atoms with Crippen LogP contribution < -0.4 is 10.4 Å². The summed E-state index contributed by atoms with van der Waals surface area (Å²) in [6.45, 7) is 4.66. The Morgan fingerprint density at radius 1 is 1.24 bits per heavy atom. The van der Waals surface area contributed by atoms with Crippen LogP contribution in [0.3, 0.4) is 0 Å². The molecule has 0 spiro atoms. The van der Waals surface area contributed by atoms with Crippen LogP contribution in [0.5, 0.6) is 0 Å². The second kappa shape index (κ2) is 8.07. The van der Waals surface area contributed by atoms with Crippen molar-refractivity contribution in [2.45, 2.75) is 32.7 Å². The van der Waals surface area contributed by atoms with Gasteiger partial charge in [-0.25, -0.2) is 9.40 Å². The zero-order chi connectivity index (χ0) is 17.6. The Kier molecular flexibility index (Phi) is 5.60. The molecule has 132 valence electrons. The van der Waals surface area contributed by atoms with E-state index in [1.807, 2.05) is 25.1 Å². The maximum Gasteiger partial charge on any atom is 0.232 e. The number of hydrazine groups is 1. The number of benzene rings is 1. The average Bonchev–Trinajstić information content (AvgIpc) is 2.61. The van der Waals surface area contributed by atoms with E-state index in [0.717, 1.165) is 24.3 Å². The van der Waals surface area contributed by atoms with Gasteiger partial charge in [0, 0.05) is 12.2 Å². The molecule has 25 heavy (non-hydrogen) atoms. The molecule has 1 aromatic carbocycles. The van der Waals surface area contributed by atoms with Crippen molar-refractivity contribution in [3.05, 3.63) is 53.6 Å². The monoisotopic (exact) mass is 342 g/mol. The Hall–Kier alpha value is -2.47. The summed E-state index contributed by atoms with van der Waals surface area (Å²) in [5.41, 5.74) is 5.85. The van der Waals surface area contributed by atoms with Crippen LogP contribution in [0.15, 0.2) is 36.5 Å². The molecule has 3 rings (SSSR count). The molecule has 1 fully saturated rings. The number of aromatic nitrogens is 1. The number of nitrogens with one attached hydrogen (secondary N) is 1. The Morgan fingerprint density at radius 3 is 2.72 bits per heavy atom. The van der Waals surface area contributed by atoms with Crippen LogP contribution in [0, 0.1) is 12.7 Å². The summed E-state index contributed by atoms with van der Waals surface area (Å²) in [4.78, 5) is 18.0. The molecule has 0 unspecified atom stereocenters. The molecule has 0 bridgehead atoms. The first-order valence-electron chi connectivity index (χ1n) is 8.60. The fourth-order valence-corrected chi connectivity index (χ4v) is 3.06. The van der Waals surface area contributed by atoms with Gasteiger partial charge in [-0.1, -0.05) is 6.42 Å². The summed E-state index contributed by atoms with van der Waals surface area (Å²) in [6, 6.07) is 8.41. The lowest BCUT2D eigenvalue weighted by Gasteiger charge is -2.27. The first-order chi connectivity index (χ1) is 12.1. The molecule has 2 heterocycles. The normalized spacial score (nSPS) is 15.0. The lowest BCUT2D eigenvalue weighted by molar-refractivity contribution is -0.107. The molecule has 0 radical (unpaired) electrons. The van der Waals surface area contributed by atoms with Crippen LogP contribution >= 0.6 is 0 Å². The fraction of sp³-hybridized carbons (Fsp3) is 0.368. The second-order valence-electron chi connectivity index (χ2n) is 6.43. The summed E-state index contributed by atoms with van der Waals surface area (Å²) in [7, 11) is 0. The Bertz CT molecular complexity index is 714. The molecule has 1 saturated heterocycles. The third-order valence-corrected chi connectivity index (χ3v) is 4.34. The SMILES string of the molecule is Cc1ccc(NN(C=O)c2cc(F)cc(CN3CCCCC3)c2)cn1. The van der Waals surface area contributed by atoms with Crippen molar-refractivity contribution in [1.82, 2.24) is 9.88 Å². The topological polar surface area (TPSA) is 48.5 Å². The number of amides is 1. The van der Waals surface area contributed by atoms with Crippen LogP contribution in [-0.2, 0) is 11.3 Å². The number of hydrogen-bond acceptors (Lipinski definition) is 4. The van der Waals surface area contributed by atoms with Gasteiger partial charge in [-0.05, 0) is 68.8 Å². The number of halogens is 1. The number of carbonyl (C=O) groups is 1. The molecule has 1 aliphatic heterocycles. The van der Waals surface area contributed by atoms with E-state index in [2.05, 4.69) is 15.3 Å². The van der Waals surface area contributed by atoms with Gasteiger partial charge in [0.15, 0.2) is 0 Å². The summed E-state index contributed by atoms with van der Waals surface area (Å²) in [5.74, 6) is -0.347. The van der Waals surface area contributed by atoms with Gasteiger partial charge in [0.2, 0.25) is 6.41 Å². The van der Waals surface area contributed by atoms with Gasteiger partial charge >= 0.3 is 0 Å². The van der Waals surface area contributed by atoms with Crippen molar-refractivity contribution < 1.29 is 9.18 Å². The van der Waals surface area contributed by atoms with Crippen LogP contribution in [0.2, 0.25) is 0 Å².